The predicted molar refractivity (Wildman–Crippen MR) is 108 cm³/mol. The highest BCUT2D eigenvalue weighted by Crippen LogP contribution is 2.27. The number of carbonyl (C=O) groups excluding carboxylic acids is 1. The van der Waals surface area contributed by atoms with Crippen LogP contribution in [0, 0.1) is 12.8 Å². The Bertz CT molecular complexity index is 947. The van der Waals surface area contributed by atoms with Gasteiger partial charge in [0, 0.05) is 29.7 Å². The average Bonchev–Trinajstić information content (AvgIpc) is 3.16. The third-order valence-electron chi connectivity index (χ3n) is 5.55. The third kappa shape index (κ3) is 3.91. The molecule has 0 atom stereocenters. The van der Waals surface area contributed by atoms with Gasteiger partial charge < -0.3 is 14.3 Å². The summed E-state index contributed by atoms with van der Waals surface area (Å²) < 4.78 is 7.82. The zero-order valence-electron chi connectivity index (χ0n) is 15.8. The summed E-state index contributed by atoms with van der Waals surface area (Å²) in [7, 11) is 0. The van der Waals surface area contributed by atoms with Crippen molar-refractivity contribution in [3.63, 3.8) is 0 Å². The first-order chi connectivity index (χ1) is 13.0. The van der Waals surface area contributed by atoms with Crippen molar-refractivity contribution < 1.29 is 9.21 Å². The number of carbonyl (C=O) groups is 1. The first-order valence-electron chi connectivity index (χ1n) is 9.64. The maximum absolute atomic E-state index is 13.0. The van der Waals surface area contributed by atoms with Gasteiger partial charge in [-0.15, -0.1) is 0 Å². The van der Waals surface area contributed by atoms with E-state index in [9.17, 15) is 4.79 Å². The third-order valence-corrected chi connectivity index (χ3v) is 5.80. The molecule has 4 rings (SSSR count). The number of rotatable bonds is 4. The van der Waals surface area contributed by atoms with Gasteiger partial charge in [-0.1, -0.05) is 30.7 Å². The Kier molecular flexibility index (Phi) is 5.00. The molecule has 0 radical (unpaired) electrons. The minimum Gasteiger partial charge on any atom is -0.460 e. The van der Waals surface area contributed by atoms with Crippen LogP contribution in [0.5, 0.6) is 0 Å². The zero-order chi connectivity index (χ0) is 19.0. The van der Waals surface area contributed by atoms with E-state index in [0.717, 1.165) is 41.2 Å². The van der Waals surface area contributed by atoms with Gasteiger partial charge in [-0.25, -0.2) is 0 Å². The highest BCUT2D eigenvalue weighted by atomic mass is 35.5. The van der Waals surface area contributed by atoms with E-state index in [2.05, 4.69) is 12.2 Å². The van der Waals surface area contributed by atoms with Crippen molar-refractivity contribution in [3.8, 4) is 0 Å². The van der Waals surface area contributed by atoms with Gasteiger partial charge in [0.2, 0.25) is 0 Å². The molecular formula is C22H25ClN2O2. The summed E-state index contributed by atoms with van der Waals surface area (Å²) >= 11 is 6.01. The molecule has 2 aromatic heterocycles. The molecule has 0 aliphatic heterocycles. The van der Waals surface area contributed by atoms with E-state index < -0.39 is 0 Å². The van der Waals surface area contributed by atoms with Gasteiger partial charge in [0.15, 0.2) is 5.58 Å². The van der Waals surface area contributed by atoms with Crippen LogP contribution in [0.4, 0.5) is 0 Å². The molecule has 2 heterocycles. The van der Waals surface area contributed by atoms with Gasteiger partial charge in [0.1, 0.15) is 11.5 Å². The maximum Gasteiger partial charge on any atom is 0.268 e. The first-order valence-corrected chi connectivity index (χ1v) is 10.0. The second-order valence-electron chi connectivity index (χ2n) is 7.78. The summed E-state index contributed by atoms with van der Waals surface area (Å²) in [6.45, 7) is 4.81. The molecule has 3 aromatic rings. The molecule has 27 heavy (non-hydrogen) atoms. The summed E-state index contributed by atoms with van der Waals surface area (Å²) in [5, 5.41) is 3.94. The average molecular weight is 385 g/mol. The van der Waals surface area contributed by atoms with Crippen LogP contribution in [0.2, 0.25) is 5.02 Å². The molecule has 142 valence electrons. The zero-order valence-corrected chi connectivity index (χ0v) is 16.6. The van der Waals surface area contributed by atoms with Gasteiger partial charge in [-0.3, -0.25) is 4.79 Å². The lowest BCUT2D eigenvalue weighted by Gasteiger charge is -2.27. The van der Waals surface area contributed by atoms with Crippen LogP contribution in [0.3, 0.4) is 0 Å². The molecule has 1 aliphatic carbocycles. The number of furan rings is 1. The highest BCUT2D eigenvalue weighted by molar-refractivity contribution is 6.30. The summed E-state index contributed by atoms with van der Waals surface area (Å²) in [6.07, 6.45) is 4.47. The van der Waals surface area contributed by atoms with Gasteiger partial charge in [-0.2, -0.15) is 0 Å². The Balaban J connectivity index is 1.62. The van der Waals surface area contributed by atoms with Crippen LogP contribution < -0.4 is 5.32 Å². The Labute approximate surface area is 164 Å². The topological polar surface area (TPSA) is 47.2 Å². The minimum absolute atomic E-state index is 0.0208. The quantitative estimate of drug-likeness (QED) is 0.640. The number of nitrogens with one attached hydrogen (secondary N) is 1. The molecule has 0 unspecified atom stereocenters. The van der Waals surface area contributed by atoms with Crippen molar-refractivity contribution in [1.82, 2.24) is 9.88 Å². The smallest absolute Gasteiger partial charge is 0.268 e. The Morgan fingerprint density at radius 2 is 1.89 bits per heavy atom. The van der Waals surface area contributed by atoms with Crippen molar-refractivity contribution in [2.75, 3.05) is 0 Å². The summed E-state index contributed by atoms with van der Waals surface area (Å²) in [5.74, 6) is 1.59. The Morgan fingerprint density at radius 3 is 2.59 bits per heavy atom. The second kappa shape index (κ2) is 7.43. The fraction of sp³-hybridized carbons (Fsp3) is 0.409. The van der Waals surface area contributed by atoms with Gasteiger partial charge in [-0.05, 0) is 56.2 Å². The van der Waals surface area contributed by atoms with Crippen molar-refractivity contribution in [2.45, 2.75) is 52.1 Å². The number of hydrogen-bond donors (Lipinski definition) is 1. The van der Waals surface area contributed by atoms with Gasteiger partial charge in [0.25, 0.3) is 5.91 Å². The van der Waals surface area contributed by atoms with Crippen LogP contribution in [0.25, 0.3) is 11.1 Å². The number of halogens is 1. The van der Waals surface area contributed by atoms with E-state index in [1.807, 2.05) is 47.9 Å². The molecule has 1 amide bonds. The fourth-order valence-electron chi connectivity index (χ4n) is 3.96. The van der Waals surface area contributed by atoms with Crippen LogP contribution >= 0.6 is 11.6 Å². The molecule has 0 bridgehead atoms. The standard InChI is InChI=1S/C22H25ClN2O2/c1-14-3-9-18(10-4-14)24-22(26)20-12-21-19(11-15(2)27-21)25(20)13-16-5-7-17(23)8-6-16/h5-8,11-12,14,18H,3-4,9-10,13H2,1-2H3,(H,24,26). The van der Waals surface area contributed by atoms with E-state index in [4.69, 9.17) is 16.0 Å². The van der Waals surface area contributed by atoms with E-state index in [-0.39, 0.29) is 11.9 Å². The number of aryl methyl sites for hydroxylation is 1. The van der Waals surface area contributed by atoms with Crippen LogP contribution in [-0.4, -0.2) is 16.5 Å². The number of aromatic nitrogens is 1. The molecule has 1 aliphatic rings. The number of amides is 1. The van der Waals surface area contributed by atoms with E-state index in [1.165, 1.54) is 12.8 Å². The largest absolute Gasteiger partial charge is 0.460 e. The van der Waals surface area contributed by atoms with Crippen molar-refractivity contribution in [1.29, 1.82) is 0 Å². The first kappa shape index (κ1) is 18.2. The van der Waals surface area contributed by atoms with Crippen molar-refractivity contribution in [2.24, 2.45) is 5.92 Å². The maximum atomic E-state index is 13.0. The lowest BCUT2D eigenvalue weighted by molar-refractivity contribution is 0.0914. The summed E-state index contributed by atoms with van der Waals surface area (Å²) in [4.78, 5) is 13.0. The molecule has 1 aromatic carbocycles. The number of hydrogen-bond acceptors (Lipinski definition) is 2. The van der Waals surface area contributed by atoms with Crippen molar-refractivity contribution in [3.05, 3.63) is 58.4 Å². The van der Waals surface area contributed by atoms with Gasteiger partial charge in [0.05, 0.1) is 5.52 Å². The molecule has 1 fully saturated rings. The number of benzene rings is 1. The highest BCUT2D eigenvalue weighted by Gasteiger charge is 2.23. The van der Waals surface area contributed by atoms with Crippen molar-refractivity contribution >= 4 is 28.6 Å². The minimum atomic E-state index is -0.0208. The predicted octanol–water partition coefficient (Wildman–Crippen LogP) is 5.55. The lowest BCUT2D eigenvalue weighted by atomic mass is 9.87. The van der Waals surface area contributed by atoms with E-state index >= 15 is 0 Å². The Hall–Kier alpha value is -2.20. The molecule has 4 nitrogen and oxygen atoms in total. The molecule has 0 spiro atoms. The molecular weight excluding hydrogens is 360 g/mol. The SMILES string of the molecule is Cc1cc2c(cc(C(=O)NC3CCC(C)CC3)n2Cc2ccc(Cl)cc2)o1. The lowest BCUT2D eigenvalue weighted by Crippen LogP contribution is -2.38. The second-order valence-corrected chi connectivity index (χ2v) is 8.22. The molecule has 1 N–H and O–H groups in total. The van der Waals surface area contributed by atoms with Gasteiger partial charge >= 0.3 is 0 Å². The normalized spacial score (nSPS) is 20.1. The summed E-state index contributed by atoms with van der Waals surface area (Å²) in [6, 6.07) is 11.9. The number of nitrogens with zero attached hydrogens (tertiary/aromatic N) is 1. The monoisotopic (exact) mass is 384 g/mol. The van der Waals surface area contributed by atoms with E-state index in [0.29, 0.717) is 17.3 Å². The van der Waals surface area contributed by atoms with Crippen LogP contribution in [0.15, 0.2) is 40.8 Å². The summed E-state index contributed by atoms with van der Waals surface area (Å²) in [5.41, 5.74) is 3.45. The number of fused-ring (bicyclic) bond motifs is 1. The fourth-order valence-corrected chi connectivity index (χ4v) is 4.09. The molecule has 5 heteroatoms. The van der Waals surface area contributed by atoms with Crippen LogP contribution in [0.1, 0.15) is 54.4 Å². The molecule has 0 saturated heterocycles. The van der Waals surface area contributed by atoms with Crippen LogP contribution in [-0.2, 0) is 6.54 Å². The Morgan fingerprint density at radius 1 is 1.19 bits per heavy atom. The van der Waals surface area contributed by atoms with E-state index in [1.54, 1.807) is 0 Å². The molecule has 1 saturated carbocycles.